The smallest absolute Gasteiger partial charge is 0.407 e. The monoisotopic (exact) mass is 444 g/mol. The molecule has 2 amide bonds. The van der Waals surface area contributed by atoms with Crippen LogP contribution in [-0.2, 0) is 9.47 Å². The van der Waals surface area contributed by atoms with Crippen LogP contribution in [0, 0.1) is 5.92 Å². The number of ether oxygens (including phenoxy) is 2. The van der Waals surface area contributed by atoms with Crippen LogP contribution in [0.5, 0.6) is 0 Å². The van der Waals surface area contributed by atoms with Crippen molar-refractivity contribution in [3.8, 4) is 0 Å². The summed E-state index contributed by atoms with van der Waals surface area (Å²) in [5, 5.41) is 13.3. The minimum Gasteiger partial charge on any atom is -0.453 e. The van der Waals surface area contributed by atoms with E-state index < -0.39 is 18.3 Å². The van der Waals surface area contributed by atoms with Gasteiger partial charge < -0.3 is 25.6 Å². The van der Waals surface area contributed by atoms with Crippen LogP contribution in [0.25, 0.3) is 0 Å². The van der Waals surface area contributed by atoms with E-state index in [4.69, 9.17) is 10.5 Å². The molecule has 0 aliphatic rings. The van der Waals surface area contributed by atoms with Gasteiger partial charge in [0.15, 0.2) is 0 Å². The molecule has 3 atom stereocenters. The van der Waals surface area contributed by atoms with Gasteiger partial charge in [-0.1, -0.05) is 90.4 Å². The Morgan fingerprint density at radius 1 is 0.871 bits per heavy atom. The lowest BCUT2D eigenvalue weighted by atomic mass is 9.87. The molecule has 3 unspecified atom stereocenters. The Hall–Kier alpha value is -1.50. The topological polar surface area (TPSA) is 111 Å². The van der Waals surface area contributed by atoms with Crippen molar-refractivity contribution in [2.45, 2.75) is 122 Å². The number of carbonyl (C=O) groups is 2. The minimum atomic E-state index is -0.846. The van der Waals surface area contributed by atoms with Gasteiger partial charge in [0.2, 0.25) is 0 Å². The predicted octanol–water partition coefficient (Wildman–Crippen LogP) is 5.67. The normalized spacial score (nSPS) is 13.9. The van der Waals surface area contributed by atoms with E-state index in [1.807, 2.05) is 6.92 Å². The molecule has 0 rings (SSSR count). The van der Waals surface area contributed by atoms with Gasteiger partial charge in [0.1, 0.15) is 0 Å². The molecular weight excluding hydrogens is 396 g/mol. The highest BCUT2D eigenvalue weighted by Gasteiger charge is 2.26. The van der Waals surface area contributed by atoms with Crippen LogP contribution in [0.1, 0.15) is 110 Å². The van der Waals surface area contributed by atoms with Crippen LogP contribution in [0.2, 0.25) is 0 Å². The Kier molecular flexibility index (Phi) is 19.4. The van der Waals surface area contributed by atoms with Gasteiger partial charge in [-0.2, -0.15) is 0 Å². The van der Waals surface area contributed by atoms with Crippen LogP contribution in [0.15, 0.2) is 0 Å². The maximum absolute atomic E-state index is 11.5. The van der Waals surface area contributed by atoms with Crippen molar-refractivity contribution in [1.82, 2.24) is 5.32 Å². The van der Waals surface area contributed by atoms with E-state index in [0.29, 0.717) is 6.42 Å². The molecule has 0 aliphatic carbocycles. The first-order chi connectivity index (χ1) is 14.9. The molecule has 0 aromatic carbocycles. The molecule has 0 aromatic heterocycles. The third kappa shape index (κ3) is 17.8. The number of hydrogen-bond donors (Lipinski definition) is 3. The number of amides is 2. The molecule has 184 valence electrons. The molecule has 0 bridgehead atoms. The Morgan fingerprint density at radius 2 is 1.35 bits per heavy atom. The molecule has 0 spiro atoms. The number of rotatable bonds is 20. The molecule has 0 fully saturated rings. The van der Waals surface area contributed by atoms with Gasteiger partial charge >= 0.3 is 12.2 Å². The highest BCUT2D eigenvalue weighted by molar-refractivity contribution is 5.67. The van der Waals surface area contributed by atoms with E-state index >= 15 is 0 Å². The highest BCUT2D eigenvalue weighted by Crippen LogP contribution is 2.22. The zero-order chi connectivity index (χ0) is 23.3. The summed E-state index contributed by atoms with van der Waals surface area (Å²) < 4.78 is 9.40. The summed E-state index contributed by atoms with van der Waals surface area (Å²) in [7, 11) is 1.32. The Balaban J connectivity index is 4.02. The van der Waals surface area contributed by atoms with Gasteiger partial charge in [0.25, 0.3) is 0 Å². The fraction of sp³-hybridized carbons (Fsp3) is 0.917. The molecule has 31 heavy (non-hydrogen) atoms. The Bertz CT molecular complexity index is 448. The zero-order valence-corrected chi connectivity index (χ0v) is 20.2. The molecule has 0 aliphatic heterocycles. The first-order valence-corrected chi connectivity index (χ1v) is 12.4. The summed E-state index contributed by atoms with van der Waals surface area (Å²) in [6.07, 6.45) is 15.8. The molecule has 0 aromatic rings. The highest BCUT2D eigenvalue weighted by atomic mass is 16.5. The van der Waals surface area contributed by atoms with Gasteiger partial charge in [-0.15, -0.1) is 0 Å². The number of aliphatic hydroxyl groups is 1. The molecule has 0 saturated carbocycles. The van der Waals surface area contributed by atoms with Crippen molar-refractivity contribution < 1.29 is 24.2 Å². The van der Waals surface area contributed by atoms with Crippen molar-refractivity contribution in [3.63, 3.8) is 0 Å². The van der Waals surface area contributed by atoms with Crippen molar-refractivity contribution >= 4 is 12.2 Å². The van der Waals surface area contributed by atoms with E-state index in [0.717, 1.165) is 19.3 Å². The van der Waals surface area contributed by atoms with Crippen LogP contribution in [0.3, 0.4) is 0 Å². The van der Waals surface area contributed by atoms with Gasteiger partial charge in [0, 0.05) is 18.4 Å². The second-order valence-electron chi connectivity index (χ2n) is 8.64. The second-order valence-corrected chi connectivity index (χ2v) is 8.64. The van der Waals surface area contributed by atoms with E-state index in [2.05, 4.69) is 17.0 Å². The fourth-order valence-corrected chi connectivity index (χ4v) is 4.02. The molecule has 7 nitrogen and oxygen atoms in total. The lowest BCUT2D eigenvalue weighted by molar-refractivity contribution is 0.0516. The van der Waals surface area contributed by atoms with E-state index in [9.17, 15) is 14.7 Å². The number of hydrogen-bond acceptors (Lipinski definition) is 5. The zero-order valence-electron chi connectivity index (χ0n) is 20.2. The average Bonchev–Trinajstić information content (AvgIpc) is 2.73. The van der Waals surface area contributed by atoms with E-state index in [1.165, 1.54) is 77.7 Å². The van der Waals surface area contributed by atoms with Crippen LogP contribution in [0.4, 0.5) is 9.59 Å². The SMILES string of the molecule is CCCCCCCCCCCCCCCC(C(O)CCOC(N)=O)C(C)NC(=O)OC. The molecule has 0 heterocycles. The Morgan fingerprint density at radius 3 is 1.81 bits per heavy atom. The summed E-state index contributed by atoms with van der Waals surface area (Å²) in [6.45, 7) is 4.18. The van der Waals surface area contributed by atoms with Crippen molar-refractivity contribution in [1.29, 1.82) is 0 Å². The van der Waals surface area contributed by atoms with Crippen LogP contribution >= 0.6 is 0 Å². The van der Waals surface area contributed by atoms with Gasteiger partial charge in [-0.3, -0.25) is 0 Å². The Labute approximate surface area is 189 Å². The lowest BCUT2D eigenvalue weighted by Crippen LogP contribution is -2.43. The maximum atomic E-state index is 11.5. The van der Waals surface area contributed by atoms with E-state index in [1.54, 1.807) is 0 Å². The average molecular weight is 445 g/mol. The second kappa shape index (κ2) is 20.4. The van der Waals surface area contributed by atoms with Crippen molar-refractivity contribution in [3.05, 3.63) is 0 Å². The standard InChI is InChI=1S/C24H48N2O5/c1-4-5-6-7-8-9-10-11-12-13-14-15-16-17-21(20(2)26-24(29)30-3)22(27)18-19-31-23(25)28/h20-22,27H,4-19H2,1-3H3,(H2,25,28)(H,26,29). The summed E-state index contributed by atoms with van der Waals surface area (Å²) in [5.74, 6) is -0.136. The fourth-order valence-electron chi connectivity index (χ4n) is 4.02. The van der Waals surface area contributed by atoms with Gasteiger partial charge in [-0.05, 0) is 13.3 Å². The summed E-state index contributed by atoms with van der Waals surface area (Å²) in [6, 6.07) is -0.242. The predicted molar refractivity (Wildman–Crippen MR) is 125 cm³/mol. The summed E-state index contributed by atoms with van der Waals surface area (Å²) in [5.41, 5.74) is 4.97. The number of carbonyl (C=O) groups excluding carboxylic acids is 2. The third-order valence-corrected chi connectivity index (χ3v) is 5.97. The molecule has 0 radical (unpaired) electrons. The first-order valence-electron chi connectivity index (χ1n) is 12.4. The number of aliphatic hydroxyl groups excluding tert-OH is 1. The maximum Gasteiger partial charge on any atom is 0.407 e. The van der Waals surface area contributed by atoms with E-state index in [-0.39, 0.29) is 18.6 Å². The van der Waals surface area contributed by atoms with Crippen molar-refractivity contribution in [2.24, 2.45) is 11.7 Å². The summed E-state index contributed by atoms with van der Waals surface area (Å²) in [4.78, 5) is 22.3. The molecular formula is C24H48N2O5. The molecule has 0 saturated heterocycles. The first kappa shape index (κ1) is 29.5. The number of primary amides is 1. The van der Waals surface area contributed by atoms with Gasteiger partial charge in [-0.25, -0.2) is 9.59 Å². The quantitative estimate of drug-likeness (QED) is 0.209. The number of alkyl carbamates (subject to hydrolysis) is 1. The van der Waals surface area contributed by atoms with Crippen molar-refractivity contribution in [2.75, 3.05) is 13.7 Å². The molecule has 4 N–H and O–H groups in total. The number of nitrogens with one attached hydrogen (secondary N) is 1. The number of methoxy groups -OCH3 is 1. The lowest BCUT2D eigenvalue weighted by Gasteiger charge is -2.29. The van der Waals surface area contributed by atoms with Crippen LogP contribution in [-0.4, -0.2) is 43.2 Å². The third-order valence-electron chi connectivity index (χ3n) is 5.97. The van der Waals surface area contributed by atoms with Gasteiger partial charge in [0.05, 0.1) is 19.8 Å². The number of nitrogens with two attached hydrogens (primary N) is 1. The van der Waals surface area contributed by atoms with Crippen LogP contribution < -0.4 is 11.1 Å². The molecule has 7 heteroatoms. The summed E-state index contributed by atoms with van der Waals surface area (Å²) >= 11 is 0. The largest absolute Gasteiger partial charge is 0.453 e. The minimum absolute atomic E-state index is 0.0660. The number of unbranched alkanes of at least 4 members (excludes halogenated alkanes) is 12.